The van der Waals surface area contributed by atoms with Crippen molar-refractivity contribution >= 4 is 12.2 Å². The molecule has 0 aliphatic carbocycles. The number of rotatable bonds is 4. The van der Waals surface area contributed by atoms with Crippen LogP contribution in [0.4, 0.5) is 0 Å². The summed E-state index contributed by atoms with van der Waals surface area (Å²) in [6, 6.07) is 3.81. The van der Waals surface area contributed by atoms with Gasteiger partial charge >= 0.3 is 0 Å². The number of aromatic nitrogens is 1. The van der Waals surface area contributed by atoms with Gasteiger partial charge in [-0.1, -0.05) is 0 Å². The molecule has 20 heavy (non-hydrogen) atoms. The molecule has 0 bridgehead atoms. The molecule has 2 aliphatic rings. The van der Waals surface area contributed by atoms with E-state index in [0.717, 1.165) is 42.8 Å². The van der Waals surface area contributed by atoms with Gasteiger partial charge in [0.2, 0.25) is 12.3 Å². The summed E-state index contributed by atoms with van der Waals surface area (Å²) in [6.45, 7) is 1.20. The van der Waals surface area contributed by atoms with E-state index < -0.39 is 0 Å². The number of hydrogen-bond donors (Lipinski definition) is 1. The Bertz CT molecular complexity index is 544. The predicted molar refractivity (Wildman–Crippen MR) is 72.6 cm³/mol. The van der Waals surface area contributed by atoms with Gasteiger partial charge in [0.05, 0.1) is 24.4 Å². The largest absolute Gasteiger partial charge is 0.480 e. The molecular formula is C14H17N3O3. The van der Waals surface area contributed by atoms with Crippen molar-refractivity contribution in [3.8, 4) is 5.88 Å². The number of amides is 1. The lowest BCUT2D eigenvalue weighted by molar-refractivity contribution is -0.118. The van der Waals surface area contributed by atoms with Gasteiger partial charge < -0.3 is 19.7 Å². The summed E-state index contributed by atoms with van der Waals surface area (Å²) in [5, 5.41) is 3.24. The molecule has 1 atom stereocenters. The molecule has 0 saturated carbocycles. The molecule has 6 nitrogen and oxygen atoms in total. The van der Waals surface area contributed by atoms with Gasteiger partial charge in [0.1, 0.15) is 0 Å². The van der Waals surface area contributed by atoms with Crippen molar-refractivity contribution in [3.05, 3.63) is 29.6 Å². The summed E-state index contributed by atoms with van der Waals surface area (Å²) in [5.74, 6) is 1.26. The molecule has 3 rings (SSSR count). The van der Waals surface area contributed by atoms with Gasteiger partial charge in [0, 0.05) is 12.7 Å². The van der Waals surface area contributed by atoms with Crippen LogP contribution in [0.3, 0.4) is 0 Å². The lowest BCUT2D eigenvalue weighted by Gasteiger charge is -2.21. The first-order valence-electron chi connectivity index (χ1n) is 6.66. The Kier molecular flexibility index (Phi) is 3.45. The first-order valence-corrected chi connectivity index (χ1v) is 6.66. The third kappa shape index (κ3) is 2.07. The van der Waals surface area contributed by atoms with E-state index in [9.17, 15) is 4.79 Å². The molecule has 1 unspecified atom stereocenters. The van der Waals surface area contributed by atoms with Gasteiger partial charge in [-0.3, -0.25) is 4.79 Å². The molecule has 0 spiro atoms. The predicted octanol–water partition coefficient (Wildman–Crippen LogP) is 0.957. The SMILES string of the molecule is COc1ncccc1C1=C(C2CCCN2C=O)NCO1. The summed E-state index contributed by atoms with van der Waals surface area (Å²) >= 11 is 0. The van der Waals surface area contributed by atoms with E-state index in [4.69, 9.17) is 9.47 Å². The topological polar surface area (TPSA) is 63.7 Å². The fourth-order valence-corrected chi connectivity index (χ4v) is 2.79. The minimum Gasteiger partial charge on any atom is -0.480 e. The van der Waals surface area contributed by atoms with Crippen molar-refractivity contribution in [2.45, 2.75) is 18.9 Å². The van der Waals surface area contributed by atoms with Crippen LogP contribution < -0.4 is 10.1 Å². The Balaban J connectivity index is 2.01. The van der Waals surface area contributed by atoms with Crippen molar-refractivity contribution in [2.24, 2.45) is 0 Å². The second-order valence-electron chi connectivity index (χ2n) is 4.77. The molecule has 1 aromatic rings. The van der Waals surface area contributed by atoms with Crippen molar-refractivity contribution in [1.82, 2.24) is 15.2 Å². The van der Waals surface area contributed by atoms with Crippen LogP contribution in [-0.2, 0) is 9.53 Å². The summed E-state index contributed by atoms with van der Waals surface area (Å²) in [5.41, 5.74) is 1.76. The highest BCUT2D eigenvalue weighted by Crippen LogP contribution is 2.33. The van der Waals surface area contributed by atoms with E-state index in [-0.39, 0.29) is 6.04 Å². The lowest BCUT2D eigenvalue weighted by Crippen LogP contribution is -2.33. The van der Waals surface area contributed by atoms with Gasteiger partial charge in [-0.05, 0) is 25.0 Å². The highest BCUT2D eigenvalue weighted by molar-refractivity contribution is 5.69. The molecule has 0 radical (unpaired) electrons. The maximum Gasteiger partial charge on any atom is 0.224 e. The maximum absolute atomic E-state index is 11.1. The highest BCUT2D eigenvalue weighted by Gasteiger charge is 2.33. The zero-order valence-electron chi connectivity index (χ0n) is 11.3. The van der Waals surface area contributed by atoms with Crippen LogP contribution in [0.1, 0.15) is 18.4 Å². The first-order chi connectivity index (χ1) is 9.85. The molecular weight excluding hydrogens is 258 g/mol. The standard InChI is InChI=1S/C14H17N3O3/c1-19-14-10(4-2-6-15-14)13-12(16-8-20-13)11-5-3-7-17(11)9-18/h2,4,6,9,11,16H,3,5,7-8H2,1H3. The number of methoxy groups -OCH3 is 1. The van der Waals surface area contributed by atoms with Gasteiger partial charge in [0.15, 0.2) is 12.5 Å². The summed E-state index contributed by atoms with van der Waals surface area (Å²) in [6.07, 6.45) is 4.53. The molecule has 0 aromatic carbocycles. The van der Waals surface area contributed by atoms with Gasteiger partial charge in [0.25, 0.3) is 0 Å². The van der Waals surface area contributed by atoms with E-state index in [1.54, 1.807) is 18.2 Å². The van der Waals surface area contributed by atoms with Crippen LogP contribution in [0.25, 0.3) is 5.76 Å². The number of pyridine rings is 1. The highest BCUT2D eigenvalue weighted by atomic mass is 16.5. The number of likely N-dealkylation sites (tertiary alicyclic amines) is 1. The fourth-order valence-electron chi connectivity index (χ4n) is 2.79. The van der Waals surface area contributed by atoms with Crippen LogP contribution in [-0.4, -0.2) is 42.7 Å². The van der Waals surface area contributed by atoms with Crippen molar-refractivity contribution in [1.29, 1.82) is 0 Å². The smallest absolute Gasteiger partial charge is 0.224 e. The fraction of sp³-hybridized carbons (Fsp3) is 0.429. The number of nitrogens with one attached hydrogen (secondary N) is 1. The van der Waals surface area contributed by atoms with Crippen LogP contribution in [0.2, 0.25) is 0 Å². The Labute approximate surface area is 117 Å². The van der Waals surface area contributed by atoms with Crippen molar-refractivity contribution < 1.29 is 14.3 Å². The van der Waals surface area contributed by atoms with Crippen LogP contribution in [0.15, 0.2) is 24.0 Å². The Hall–Kier alpha value is -2.24. The Morgan fingerprint density at radius 3 is 3.30 bits per heavy atom. The van der Waals surface area contributed by atoms with E-state index in [0.29, 0.717) is 12.6 Å². The molecule has 1 fully saturated rings. The van der Waals surface area contributed by atoms with Gasteiger partial charge in [-0.15, -0.1) is 0 Å². The average molecular weight is 275 g/mol. The summed E-state index contributed by atoms with van der Waals surface area (Å²) < 4.78 is 11.0. The minimum atomic E-state index is 0.0508. The molecule has 3 heterocycles. The van der Waals surface area contributed by atoms with E-state index >= 15 is 0 Å². The Morgan fingerprint density at radius 2 is 2.50 bits per heavy atom. The zero-order chi connectivity index (χ0) is 13.9. The molecule has 1 saturated heterocycles. The van der Waals surface area contributed by atoms with Crippen LogP contribution >= 0.6 is 0 Å². The van der Waals surface area contributed by atoms with Crippen molar-refractivity contribution in [2.75, 3.05) is 20.4 Å². The molecule has 6 heteroatoms. The number of ether oxygens (including phenoxy) is 2. The normalized spacial score (nSPS) is 21.6. The number of nitrogens with zero attached hydrogens (tertiary/aromatic N) is 2. The summed E-state index contributed by atoms with van der Waals surface area (Å²) in [7, 11) is 1.59. The second kappa shape index (κ2) is 5.40. The van der Waals surface area contributed by atoms with Crippen molar-refractivity contribution in [3.63, 3.8) is 0 Å². The quantitative estimate of drug-likeness (QED) is 0.829. The molecule has 2 aliphatic heterocycles. The molecule has 1 N–H and O–H groups in total. The first kappa shape index (κ1) is 12.8. The average Bonchev–Trinajstić information content (AvgIpc) is 3.14. The van der Waals surface area contributed by atoms with E-state index in [2.05, 4.69) is 10.3 Å². The second-order valence-corrected chi connectivity index (χ2v) is 4.77. The van der Waals surface area contributed by atoms with Crippen LogP contribution in [0, 0.1) is 0 Å². The molecule has 1 aromatic heterocycles. The Morgan fingerprint density at radius 1 is 1.60 bits per heavy atom. The third-order valence-electron chi connectivity index (χ3n) is 3.70. The molecule has 106 valence electrons. The van der Waals surface area contributed by atoms with E-state index in [1.807, 2.05) is 12.1 Å². The minimum absolute atomic E-state index is 0.0508. The maximum atomic E-state index is 11.1. The third-order valence-corrected chi connectivity index (χ3v) is 3.70. The number of hydrogen-bond acceptors (Lipinski definition) is 5. The molecule has 1 amide bonds. The number of carbonyl (C=O) groups is 1. The van der Waals surface area contributed by atoms with Gasteiger partial charge in [-0.25, -0.2) is 4.98 Å². The number of carbonyl (C=O) groups excluding carboxylic acids is 1. The van der Waals surface area contributed by atoms with Gasteiger partial charge in [-0.2, -0.15) is 0 Å². The summed E-state index contributed by atoms with van der Waals surface area (Å²) in [4.78, 5) is 17.1. The lowest BCUT2D eigenvalue weighted by atomic mass is 10.1. The zero-order valence-corrected chi connectivity index (χ0v) is 11.3. The monoisotopic (exact) mass is 275 g/mol. The van der Waals surface area contributed by atoms with E-state index in [1.165, 1.54) is 0 Å². The van der Waals surface area contributed by atoms with Crippen LogP contribution in [0.5, 0.6) is 5.88 Å².